The number of amides is 3. The van der Waals surface area contributed by atoms with E-state index in [-0.39, 0.29) is 18.0 Å². The second-order valence-corrected chi connectivity index (χ2v) is 8.53. The smallest absolute Gasteiger partial charge is 0.325 e. The average Bonchev–Trinajstić information content (AvgIpc) is 2.78. The quantitative estimate of drug-likeness (QED) is 0.618. The van der Waals surface area contributed by atoms with E-state index in [0.717, 1.165) is 11.1 Å². The molecule has 2 aliphatic rings. The first-order chi connectivity index (χ1) is 15.4. The van der Waals surface area contributed by atoms with E-state index in [1.807, 2.05) is 31.2 Å². The summed E-state index contributed by atoms with van der Waals surface area (Å²) in [5.74, 6) is 0.448. The Balaban J connectivity index is 1.41. The van der Waals surface area contributed by atoms with Gasteiger partial charge in [-0.3, -0.25) is 14.7 Å². The van der Waals surface area contributed by atoms with Crippen LogP contribution < -0.4 is 20.3 Å². The number of hydrogen-bond donors (Lipinski definition) is 2. The Kier molecular flexibility index (Phi) is 4.98. The summed E-state index contributed by atoms with van der Waals surface area (Å²) in [6.07, 6.45) is 3.94. The summed E-state index contributed by atoms with van der Waals surface area (Å²) in [7, 11) is 0. The van der Waals surface area contributed by atoms with Crippen LogP contribution in [0.15, 0.2) is 67.0 Å². The minimum absolute atomic E-state index is 0.197. The molecule has 1 saturated heterocycles. The molecule has 2 bridgehead atoms. The Hall–Kier alpha value is -3.58. The molecule has 0 aliphatic carbocycles. The number of pyridine rings is 1. The number of hydrogen-bond acceptors (Lipinski definition) is 4. The van der Waals surface area contributed by atoms with Crippen LogP contribution in [0.3, 0.4) is 0 Å². The van der Waals surface area contributed by atoms with Crippen LogP contribution in [0.1, 0.15) is 40.9 Å². The Bertz CT molecular complexity index is 1200. The summed E-state index contributed by atoms with van der Waals surface area (Å²) in [5.41, 5.74) is 1.90. The molecule has 2 N–H and O–H groups in total. The molecule has 5 rings (SSSR count). The standard InChI is InChI=1S/C24H21ClN4O3/c1-24-12-20(19-11-17(25)7-8-21(19)32-24)28-23(31)29(24)18-6-2-5-16(10-18)22(30)27-14-15-4-3-9-26-13-15/h2-11,13,20H,12,14H2,1H3,(H,27,30)(H,28,31)/t20-,24-/m1/s1. The van der Waals surface area contributed by atoms with Crippen molar-refractivity contribution in [3.63, 3.8) is 0 Å². The molecule has 32 heavy (non-hydrogen) atoms. The Morgan fingerprint density at radius 1 is 1.28 bits per heavy atom. The first kappa shape index (κ1) is 20.3. The van der Waals surface area contributed by atoms with Crippen LogP contribution in [-0.2, 0) is 6.54 Å². The highest BCUT2D eigenvalue weighted by Gasteiger charge is 2.49. The summed E-state index contributed by atoms with van der Waals surface area (Å²) in [6, 6.07) is 15.6. The second kappa shape index (κ2) is 7.84. The maximum atomic E-state index is 13.1. The fourth-order valence-corrected chi connectivity index (χ4v) is 4.49. The van der Waals surface area contributed by atoms with Crippen LogP contribution in [0.5, 0.6) is 5.75 Å². The van der Waals surface area contributed by atoms with Crippen molar-refractivity contribution in [1.29, 1.82) is 0 Å². The average molecular weight is 449 g/mol. The number of nitrogens with zero attached hydrogens (tertiary/aromatic N) is 2. The summed E-state index contributed by atoms with van der Waals surface area (Å²) >= 11 is 6.14. The van der Waals surface area contributed by atoms with Crippen molar-refractivity contribution in [2.24, 2.45) is 0 Å². The number of carbonyl (C=O) groups is 2. The molecule has 2 aliphatic heterocycles. The number of aromatic nitrogens is 1. The number of rotatable bonds is 4. The lowest BCUT2D eigenvalue weighted by molar-refractivity contribution is 0.0378. The zero-order chi connectivity index (χ0) is 22.3. The third kappa shape index (κ3) is 3.65. The van der Waals surface area contributed by atoms with Gasteiger partial charge in [0.25, 0.3) is 5.91 Å². The van der Waals surface area contributed by atoms with Crippen molar-refractivity contribution >= 4 is 29.2 Å². The number of halogens is 1. The number of anilines is 1. The number of urea groups is 1. The largest absolute Gasteiger partial charge is 0.467 e. The van der Waals surface area contributed by atoms with Gasteiger partial charge in [-0.1, -0.05) is 23.7 Å². The molecule has 0 radical (unpaired) electrons. The molecule has 1 aromatic heterocycles. The van der Waals surface area contributed by atoms with E-state index in [2.05, 4.69) is 15.6 Å². The van der Waals surface area contributed by atoms with E-state index < -0.39 is 5.72 Å². The molecule has 162 valence electrons. The molecular weight excluding hydrogens is 428 g/mol. The molecule has 0 saturated carbocycles. The molecule has 0 spiro atoms. The molecule has 3 amide bonds. The second-order valence-electron chi connectivity index (χ2n) is 8.10. The van der Waals surface area contributed by atoms with Crippen LogP contribution in [0, 0.1) is 0 Å². The van der Waals surface area contributed by atoms with Crippen molar-refractivity contribution in [3.8, 4) is 5.75 Å². The zero-order valence-corrected chi connectivity index (χ0v) is 18.1. The van der Waals surface area contributed by atoms with Crippen LogP contribution in [0.4, 0.5) is 10.5 Å². The first-order valence-corrected chi connectivity index (χ1v) is 10.7. The minimum Gasteiger partial charge on any atom is -0.467 e. The highest BCUT2D eigenvalue weighted by molar-refractivity contribution is 6.30. The highest BCUT2D eigenvalue weighted by atomic mass is 35.5. The lowest BCUT2D eigenvalue weighted by atomic mass is 9.90. The first-order valence-electron chi connectivity index (χ1n) is 10.3. The summed E-state index contributed by atoms with van der Waals surface area (Å²) in [6.45, 7) is 2.24. The minimum atomic E-state index is -0.904. The molecule has 3 aromatic rings. The lowest BCUT2D eigenvalue weighted by Gasteiger charge is -2.50. The van der Waals surface area contributed by atoms with Crippen molar-refractivity contribution < 1.29 is 14.3 Å². The topological polar surface area (TPSA) is 83.6 Å². The van der Waals surface area contributed by atoms with Gasteiger partial charge in [0.05, 0.1) is 11.7 Å². The van der Waals surface area contributed by atoms with Gasteiger partial charge >= 0.3 is 6.03 Å². The van der Waals surface area contributed by atoms with E-state index in [1.165, 1.54) is 0 Å². The molecule has 7 nitrogen and oxygen atoms in total. The third-order valence-corrected chi connectivity index (χ3v) is 6.01. The number of nitrogens with one attached hydrogen (secondary N) is 2. The molecule has 3 heterocycles. The van der Waals surface area contributed by atoms with Gasteiger partial charge in [0.1, 0.15) is 5.75 Å². The fourth-order valence-electron chi connectivity index (χ4n) is 4.31. The highest BCUT2D eigenvalue weighted by Crippen LogP contribution is 2.46. The van der Waals surface area contributed by atoms with Crippen molar-refractivity contribution in [2.75, 3.05) is 4.90 Å². The Morgan fingerprint density at radius 2 is 2.16 bits per heavy atom. The predicted molar refractivity (Wildman–Crippen MR) is 121 cm³/mol. The van der Waals surface area contributed by atoms with E-state index in [0.29, 0.717) is 35.0 Å². The maximum Gasteiger partial charge on any atom is 0.325 e. The van der Waals surface area contributed by atoms with Gasteiger partial charge in [-0.25, -0.2) is 4.79 Å². The number of benzene rings is 2. The van der Waals surface area contributed by atoms with Gasteiger partial charge in [0.15, 0.2) is 5.72 Å². The fraction of sp³-hybridized carbons (Fsp3) is 0.208. The van der Waals surface area contributed by atoms with E-state index in [4.69, 9.17) is 16.3 Å². The SMILES string of the molecule is C[C@@]12C[C@@H](NC(=O)N1c1cccc(C(=O)NCc3cccnc3)c1)c1cc(Cl)ccc1O2. The van der Waals surface area contributed by atoms with Crippen LogP contribution >= 0.6 is 11.6 Å². The van der Waals surface area contributed by atoms with Crippen molar-refractivity contribution in [3.05, 3.63) is 88.7 Å². The van der Waals surface area contributed by atoms with Crippen LogP contribution in [-0.4, -0.2) is 22.6 Å². The maximum absolute atomic E-state index is 13.1. The van der Waals surface area contributed by atoms with Gasteiger partial charge in [0.2, 0.25) is 0 Å². The van der Waals surface area contributed by atoms with E-state index >= 15 is 0 Å². The zero-order valence-electron chi connectivity index (χ0n) is 17.3. The van der Waals surface area contributed by atoms with Crippen molar-refractivity contribution in [1.82, 2.24) is 15.6 Å². The Morgan fingerprint density at radius 3 is 2.97 bits per heavy atom. The molecule has 2 atom stereocenters. The van der Waals surface area contributed by atoms with Crippen LogP contribution in [0.2, 0.25) is 5.02 Å². The molecule has 1 fully saturated rings. The molecule has 2 aromatic carbocycles. The number of ether oxygens (including phenoxy) is 1. The monoisotopic (exact) mass is 448 g/mol. The van der Waals surface area contributed by atoms with Crippen molar-refractivity contribution in [2.45, 2.75) is 31.7 Å². The summed E-state index contributed by atoms with van der Waals surface area (Å²) in [4.78, 5) is 31.4. The molecular formula is C24H21ClN4O3. The van der Waals surface area contributed by atoms with Crippen LogP contribution in [0.25, 0.3) is 0 Å². The Labute approximate surface area is 190 Å². The number of carbonyl (C=O) groups excluding carboxylic acids is 2. The molecule has 0 unspecified atom stereocenters. The van der Waals surface area contributed by atoms with Gasteiger partial charge < -0.3 is 15.4 Å². The van der Waals surface area contributed by atoms with Gasteiger partial charge in [-0.15, -0.1) is 0 Å². The van der Waals surface area contributed by atoms with E-state index in [9.17, 15) is 9.59 Å². The van der Waals surface area contributed by atoms with Gasteiger partial charge in [-0.2, -0.15) is 0 Å². The summed E-state index contributed by atoms with van der Waals surface area (Å²) in [5, 5.41) is 6.52. The summed E-state index contributed by atoms with van der Waals surface area (Å²) < 4.78 is 6.29. The predicted octanol–water partition coefficient (Wildman–Crippen LogP) is 4.43. The van der Waals surface area contributed by atoms with E-state index in [1.54, 1.807) is 47.6 Å². The number of fused-ring (bicyclic) bond motifs is 4. The molecule has 8 heteroatoms. The lowest BCUT2D eigenvalue weighted by Crippen LogP contribution is -2.65. The third-order valence-electron chi connectivity index (χ3n) is 5.78. The van der Waals surface area contributed by atoms with Gasteiger partial charge in [0, 0.05) is 41.5 Å². The normalized spacial score (nSPS) is 21.2. The van der Waals surface area contributed by atoms with Gasteiger partial charge in [-0.05, 0) is 55.0 Å².